The fourth-order valence-electron chi connectivity index (χ4n) is 2.97. The minimum absolute atomic E-state index is 0.146. The van der Waals surface area contributed by atoms with Gasteiger partial charge in [0.2, 0.25) is 0 Å². The summed E-state index contributed by atoms with van der Waals surface area (Å²) in [6, 6.07) is 12.0. The number of nitrogen functional groups attached to an aromatic ring is 1. The summed E-state index contributed by atoms with van der Waals surface area (Å²) >= 11 is 0. The van der Waals surface area contributed by atoms with Gasteiger partial charge < -0.3 is 5.73 Å². The maximum atomic E-state index is 12.4. The van der Waals surface area contributed by atoms with Crippen LogP contribution in [-0.4, -0.2) is 5.78 Å². The van der Waals surface area contributed by atoms with E-state index in [1.165, 1.54) is 24.0 Å². The van der Waals surface area contributed by atoms with Crippen molar-refractivity contribution in [3.63, 3.8) is 0 Å². The molecular formula is C18H19NO. The predicted octanol–water partition coefficient (Wildman–Crippen LogP) is 3.49. The third-order valence-corrected chi connectivity index (χ3v) is 4.20. The highest BCUT2D eigenvalue weighted by molar-refractivity contribution is 5.99. The largest absolute Gasteiger partial charge is 0.398 e. The van der Waals surface area contributed by atoms with E-state index < -0.39 is 0 Å². The fourth-order valence-corrected chi connectivity index (χ4v) is 2.97. The van der Waals surface area contributed by atoms with Crippen LogP contribution in [0, 0.1) is 6.92 Å². The minimum atomic E-state index is 0.146. The molecule has 0 bridgehead atoms. The minimum Gasteiger partial charge on any atom is -0.398 e. The summed E-state index contributed by atoms with van der Waals surface area (Å²) in [6.45, 7) is 1.91. The van der Waals surface area contributed by atoms with Crippen LogP contribution >= 0.6 is 0 Å². The first-order valence-corrected chi connectivity index (χ1v) is 7.14. The summed E-state index contributed by atoms with van der Waals surface area (Å²) in [5, 5.41) is 0. The zero-order valence-corrected chi connectivity index (χ0v) is 11.8. The van der Waals surface area contributed by atoms with Gasteiger partial charge in [-0.3, -0.25) is 4.79 Å². The van der Waals surface area contributed by atoms with Gasteiger partial charge in [0, 0.05) is 17.7 Å². The van der Waals surface area contributed by atoms with Crippen molar-refractivity contribution in [3.8, 4) is 0 Å². The maximum absolute atomic E-state index is 12.4. The first-order chi connectivity index (χ1) is 9.65. The van der Waals surface area contributed by atoms with Gasteiger partial charge >= 0.3 is 0 Å². The molecule has 1 aliphatic carbocycles. The average molecular weight is 265 g/mol. The molecule has 0 amide bonds. The van der Waals surface area contributed by atoms with E-state index in [0.717, 1.165) is 23.1 Å². The Bertz CT molecular complexity index is 673. The van der Waals surface area contributed by atoms with E-state index in [9.17, 15) is 4.79 Å². The molecule has 2 N–H and O–H groups in total. The number of nitrogens with two attached hydrogens (primary N) is 1. The molecule has 2 aromatic carbocycles. The number of aryl methyl sites for hydroxylation is 2. The Labute approximate surface area is 119 Å². The third kappa shape index (κ3) is 2.34. The van der Waals surface area contributed by atoms with E-state index in [4.69, 9.17) is 5.73 Å². The summed E-state index contributed by atoms with van der Waals surface area (Å²) in [6.07, 6.45) is 4.02. The fraction of sp³-hybridized carbons (Fsp3) is 0.278. The lowest BCUT2D eigenvalue weighted by Crippen LogP contribution is -2.07. The van der Waals surface area contributed by atoms with Crippen LogP contribution in [0.5, 0.6) is 0 Å². The monoisotopic (exact) mass is 265 g/mol. The van der Waals surface area contributed by atoms with Gasteiger partial charge in [0.25, 0.3) is 0 Å². The number of carbonyl (C=O) groups excluding carboxylic acids is 1. The molecule has 0 aromatic heterocycles. The number of Topliss-reactive ketones (excluding diaryl/α,β-unsaturated/α-hetero) is 1. The molecule has 2 nitrogen and oxygen atoms in total. The smallest absolute Gasteiger partial charge is 0.167 e. The molecule has 0 unspecified atom stereocenters. The Morgan fingerprint density at radius 3 is 2.80 bits per heavy atom. The van der Waals surface area contributed by atoms with Crippen molar-refractivity contribution in [2.24, 2.45) is 0 Å². The van der Waals surface area contributed by atoms with Crippen LogP contribution < -0.4 is 5.73 Å². The molecule has 1 aliphatic rings. The SMILES string of the molecule is Cc1c(N)cccc1C(=O)Cc1ccc2c(c1)CCC2. The lowest BCUT2D eigenvalue weighted by molar-refractivity contribution is 0.0992. The van der Waals surface area contributed by atoms with E-state index in [-0.39, 0.29) is 5.78 Å². The molecule has 0 heterocycles. The molecule has 3 rings (SSSR count). The van der Waals surface area contributed by atoms with Gasteiger partial charge in [-0.15, -0.1) is 0 Å². The molecule has 0 spiro atoms. The molecule has 2 aromatic rings. The van der Waals surface area contributed by atoms with Crippen LogP contribution in [0.25, 0.3) is 0 Å². The van der Waals surface area contributed by atoms with Crippen molar-refractivity contribution in [2.45, 2.75) is 32.6 Å². The van der Waals surface area contributed by atoms with E-state index in [1.54, 1.807) is 0 Å². The van der Waals surface area contributed by atoms with Crippen molar-refractivity contribution in [1.82, 2.24) is 0 Å². The molecule has 102 valence electrons. The van der Waals surface area contributed by atoms with E-state index in [2.05, 4.69) is 18.2 Å². The molecule has 0 saturated heterocycles. The Morgan fingerprint density at radius 2 is 1.95 bits per heavy atom. The first-order valence-electron chi connectivity index (χ1n) is 7.14. The number of rotatable bonds is 3. The Kier molecular flexibility index (Phi) is 3.31. The molecule has 0 saturated carbocycles. The van der Waals surface area contributed by atoms with Crippen molar-refractivity contribution in [2.75, 3.05) is 5.73 Å². The van der Waals surface area contributed by atoms with Gasteiger partial charge in [-0.1, -0.05) is 30.3 Å². The Morgan fingerprint density at radius 1 is 1.15 bits per heavy atom. The number of hydrogen-bond acceptors (Lipinski definition) is 2. The highest BCUT2D eigenvalue weighted by Gasteiger charge is 2.14. The normalized spacial score (nSPS) is 13.2. The second-order valence-corrected chi connectivity index (χ2v) is 5.58. The molecule has 20 heavy (non-hydrogen) atoms. The summed E-state index contributed by atoms with van der Waals surface area (Å²) in [5.74, 6) is 0.146. The second kappa shape index (κ2) is 5.12. The van der Waals surface area contributed by atoms with Crippen LogP contribution in [0.1, 0.15) is 39.0 Å². The Hall–Kier alpha value is -2.09. The van der Waals surface area contributed by atoms with Crippen LogP contribution in [0.4, 0.5) is 5.69 Å². The average Bonchev–Trinajstić information content (AvgIpc) is 2.89. The number of anilines is 1. The lowest BCUT2D eigenvalue weighted by atomic mass is 9.96. The number of ketones is 1. The summed E-state index contributed by atoms with van der Waals surface area (Å²) in [7, 11) is 0. The van der Waals surface area contributed by atoms with E-state index >= 15 is 0 Å². The van der Waals surface area contributed by atoms with E-state index in [1.807, 2.05) is 25.1 Å². The second-order valence-electron chi connectivity index (χ2n) is 5.58. The molecule has 0 fully saturated rings. The molecule has 0 atom stereocenters. The van der Waals surface area contributed by atoms with Crippen molar-refractivity contribution in [3.05, 3.63) is 64.2 Å². The molecule has 2 heteroatoms. The van der Waals surface area contributed by atoms with Crippen molar-refractivity contribution in [1.29, 1.82) is 0 Å². The zero-order chi connectivity index (χ0) is 14.1. The zero-order valence-electron chi connectivity index (χ0n) is 11.8. The standard InChI is InChI=1S/C18H19NO/c1-12-16(6-3-7-17(12)19)18(20)11-13-8-9-14-4-2-5-15(14)10-13/h3,6-10H,2,4-5,11,19H2,1H3. The molecule has 0 aliphatic heterocycles. The highest BCUT2D eigenvalue weighted by Crippen LogP contribution is 2.24. The summed E-state index contributed by atoms with van der Waals surface area (Å²) in [5.41, 5.74) is 12.2. The summed E-state index contributed by atoms with van der Waals surface area (Å²) < 4.78 is 0. The number of hydrogen-bond donors (Lipinski definition) is 1. The highest BCUT2D eigenvalue weighted by atomic mass is 16.1. The van der Waals surface area contributed by atoms with Gasteiger partial charge in [0.15, 0.2) is 5.78 Å². The van der Waals surface area contributed by atoms with Gasteiger partial charge in [-0.2, -0.15) is 0 Å². The van der Waals surface area contributed by atoms with Crippen LogP contribution in [-0.2, 0) is 19.3 Å². The quantitative estimate of drug-likeness (QED) is 0.682. The summed E-state index contributed by atoms with van der Waals surface area (Å²) in [4.78, 5) is 12.4. The number of fused-ring (bicyclic) bond motifs is 1. The predicted molar refractivity (Wildman–Crippen MR) is 82.1 cm³/mol. The number of carbonyl (C=O) groups is 1. The number of benzene rings is 2. The van der Waals surface area contributed by atoms with Gasteiger partial charge in [0.1, 0.15) is 0 Å². The van der Waals surface area contributed by atoms with Gasteiger partial charge in [-0.05, 0) is 54.5 Å². The topological polar surface area (TPSA) is 43.1 Å². The van der Waals surface area contributed by atoms with Crippen LogP contribution in [0.2, 0.25) is 0 Å². The van der Waals surface area contributed by atoms with Crippen LogP contribution in [0.3, 0.4) is 0 Å². The van der Waals surface area contributed by atoms with Gasteiger partial charge in [0.05, 0.1) is 0 Å². The van der Waals surface area contributed by atoms with Crippen LogP contribution in [0.15, 0.2) is 36.4 Å². The molecule has 0 radical (unpaired) electrons. The lowest BCUT2D eigenvalue weighted by Gasteiger charge is -2.08. The third-order valence-electron chi connectivity index (χ3n) is 4.20. The first kappa shape index (κ1) is 12.9. The van der Waals surface area contributed by atoms with Gasteiger partial charge in [-0.25, -0.2) is 0 Å². The maximum Gasteiger partial charge on any atom is 0.167 e. The van der Waals surface area contributed by atoms with Crippen molar-refractivity contribution < 1.29 is 4.79 Å². The van der Waals surface area contributed by atoms with E-state index in [0.29, 0.717) is 12.1 Å². The Balaban J connectivity index is 1.84. The molecular weight excluding hydrogens is 246 g/mol. The van der Waals surface area contributed by atoms with Crippen molar-refractivity contribution >= 4 is 11.5 Å².